The zero-order valence-corrected chi connectivity index (χ0v) is 13.5. The number of carbonyl (C=O) groups excluding carboxylic acids is 1. The van der Waals surface area contributed by atoms with Gasteiger partial charge in [-0.05, 0) is 20.3 Å². The van der Waals surface area contributed by atoms with Gasteiger partial charge in [0.15, 0.2) is 5.13 Å². The van der Waals surface area contributed by atoms with E-state index >= 15 is 0 Å². The molecule has 0 saturated heterocycles. The average Bonchev–Trinajstić information content (AvgIpc) is 2.88. The van der Waals surface area contributed by atoms with Gasteiger partial charge in [-0.15, -0.1) is 0 Å². The molecule has 5 N–H and O–H groups in total. The number of nitrogens with two attached hydrogens (primary N) is 1. The summed E-state index contributed by atoms with van der Waals surface area (Å²) in [5.74, 6) is -0.256. The molecule has 0 atom stereocenters. The number of nitrogens with one attached hydrogen (secondary N) is 1. The molecule has 1 rings (SSSR count). The molecule has 0 bridgehead atoms. The third-order valence-corrected chi connectivity index (χ3v) is 4.67. The van der Waals surface area contributed by atoms with Crippen LogP contribution < -0.4 is 16.0 Å². The van der Waals surface area contributed by atoms with Gasteiger partial charge in [0.1, 0.15) is 10.7 Å². The van der Waals surface area contributed by atoms with Gasteiger partial charge in [0.05, 0.1) is 18.8 Å². The second-order valence-electron chi connectivity index (χ2n) is 4.79. The molecule has 0 fully saturated rings. The van der Waals surface area contributed by atoms with Crippen molar-refractivity contribution in [3.63, 3.8) is 0 Å². The Hall–Kier alpha value is -1.38. The van der Waals surface area contributed by atoms with E-state index in [-0.39, 0.29) is 19.0 Å². The summed E-state index contributed by atoms with van der Waals surface area (Å²) in [6.07, 6.45) is 0.410. The Morgan fingerprint density at radius 1 is 1.33 bits per heavy atom. The Balaban J connectivity index is 2.98. The lowest BCUT2D eigenvalue weighted by atomic mass is 9.98. The lowest BCUT2D eigenvalue weighted by Crippen LogP contribution is -2.53. The highest BCUT2D eigenvalue weighted by molar-refractivity contribution is 7.18. The quantitative estimate of drug-likeness (QED) is 0.553. The Bertz CT molecular complexity index is 462. The highest BCUT2D eigenvalue weighted by Gasteiger charge is 2.30. The van der Waals surface area contributed by atoms with Crippen LogP contribution in [0.4, 0.5) is 10.9 Å². The number of nitrogen functional groups attached to an aromatic ring is 1. The number of amides is 1. The fraction of sp³-hybridized carbons (Fsp3) is 0.692. The summed E-state index contributed by atoms with van der Waals surface area (Å²) in [5, 5.41) is 22.1. The standard InChI is InChI=1S/C13H24N4O3S/c1-4-13(7-18,8-19)16-11(20)9-10(14)15-12(21-9)17(5-2)6-3/h18-19H,4-8,14H2,1-3H3,(H,16,20). The van der Waals surface area contributed by atoms with Crippen LogP contribution >= 0.6 is 11.3 Å². The Morgan fingerprint density at radius 2 is 1.90 bits per heavy atom. The molecule has 0 aliphatic rings. The average molecular weight is 316 g/mol. The molecular formula is C13H24N4O3S. The zero-order valence-electron chi connectivity index (χ0n) is 12.7. The van der Waals surface area contributed by atoms with Crippen molar-refractivity contribution >= 4 is 28.2 Å². The summed E-state index contributed by atoms with van der Waals surface area (Å²) in [5.41, 5.74) is 4.78. The van der Waals surface area contributed by atoms with E-state index in [0.29, 0.717) is 16.4 Å². The first-order chi connectivity index (χ1) is 9.96. The van der Waals surface area contributed by atoms with E-state index in [0.717, 1.165) is 13.1 Å². The molecule has 1 amide bonds. The molecule has 0 aliphatic carbocycles. The Morgan fingerprint density at radius 3 is 2.33 bits per heavy atom. The second-order valence-corrected chi connectivity index (χ2v) is 5.76. The van der Waals surface area contributed by atoms with E-state index < -0.39 is 11.4 Å². The molecule has 7 nitrogen and oxygen atoms in total. The van der Waals surface area contributed by atoms with Crippen LogP contribution in [0.2, 0.25) is 0 Å². The number of aliphatic hydroxyl groups is 2. The van der Waals surface area contributed by atoms with Crippen LogP contribution in [0, 0.1) is 0 Å². The van der Waals surface area contributed by atoms with Crippen molar-refractivity contribution in [3.8, 4) is 0 Å². The number of aliphatic hydroxyl groups excluding tert-OH is 2. The lowest BCUT2D eigenvalue weighted by Gasteiger charge is -2.29. The van der Waals surface area contributed by atoms with E-state index in [4.69, 9.17) is 5.73 Å². The van der Waals surface area contributed by atoms with Gasteiger partial charge in [-0.25, -0.2) is 4.98 Å². The van der Waals surface area contributed by atoms with Crippen LogP contribution in [-0.2, 0) is 0 Å². The second kappa shape index (κ2) is 7.58. The van der Waals surface area contributed by atoms with E-state index in [1.807, 2.05) is 18.7 Å². The van der Waals surface area contributed by atoms with Crippen molar-refractivity contribution < 1.29 is 15.0 Å². The topological polar surface area (TPSA) is 112 Å². The number of nitrogens with zero attached hydrogens (tertiary/aromatic N) is 2. The maximum absolute atomic E-state index is 12.3. The Labute approximate surface area is 128 Å². The van der Waals surface area contributed by atoms with E-state index in [2.05, 4.69) is 10.3 Å². The first kappa shape index (κ1) is 17.7. The maximum Gasteiger partial charge on any atom is 0.265 e. The van der Waals surface area contributed by atoms with E-state index in [9.17, 15) is 15.0 Å². The predicted octanol–water partition coefficient (Wildman–Crippen LogP) is 0.435. The first-order valence-corrected chi connectivity index (χ1v) is 7.84. The zero-order chi connectivity index (χ0) is 16.0. The van der Waals surface area contributed by atoms with Crippen molar-refractivity contribution in [2.45, 2.75) is 32.7 Å². The molecule has 0 aromatic carbocycles. The van der Waals surface area contributed by atoms with Crippen LogP contribution in [0.15, 0.2) is 0 Å². The molecular weight excluding hydrogens is 292 g/mol. The van der Waals surface area contributed by atoms with Gasteiger partial charge >= 0.3 is 0 Å². The smallest absolute Gasteiger partial charge is 0.265 e. The number of hydrogen-bond donors (Lipinski definition) is 4. The van der Waals surface area contributed by atoms with Crippen molar-refractivity contribution in [1.82, 2.24) is 10.3 Å². The normalized spacial score (nSPS) is 11.5. The van der Waals surface area contributed by atoms with Crippen molar-refractivity contribution in [1.29, 1.82) is 0 Å². The highest BCUT2D eigenvalue weighted by Crippen LogP contribution is 2.28. The van der Waals surface area contributed by atoms with E-state index in [1.165, 1.54) is 11.3 Å². The number of anilines is 2. The molecule has 1 aromatic heterocycles. The largest absolute Gasteiger partial charge is 0.394 e. The lowest BCUT2D eigenvalue weighted by molar-refractivity contribution is 0.0656. The molecule has 1 heterocycles. The molecule has 0 aliphatic heterocycles. The maximum atomic E-state index is 12.3. The summed E-state index contributed by atoms with van der Waals surface area (Å²) >= 11 is 1.21. The minimum Gasteiger partial charge on any atom is -0.394 e. The number of carbonyl (C=O) groups is 1. The minimum absolute atomic E-state index is 0.167. The van der Waals surface area contributed by atoms with Gasteiger partial charge < -0.3 is 26.2 Å². The number of rotatable bonds is 8. The SMILES string of the molecule is CCN(CC)c1nc(N)c(C(=O)NC(CC)(CO)CO)s1. The third-order valence-electron chi connectivity index (χ3n) is 3.54. The van der Waals surface area contributed by atoms with Crippen molar-refractivity contribution in [2.75, 3.05) is 36.9 Å². The van der Waals surface area contributed by atoms with Crippen molar-refractivity contribution in [2.24, 2.45) is 0 Å². The monoisotopic (exact) mass is 316 g/mol. The molecule has 0 unspecified atom stereocenters. The van der Waals surface area contributed by atoms with Gasteiger partial charge in [-0.3, -0.25) is 4.79 Å². The molecule has 21 heavy (non-hydrogen) atoms. The minimum atomic E-state index is -1.04. The number of thiazole rings is 1. The molecule has 8 heteroatoms. The highest BCUT2D eigenvalue weighted by atomic mass is 32.1. The van der Waals surface area contributed by atoms with Crippen LogP contribution in [0.5, 0.6) is 0 Å². The van der Waals surface area contributed by atoms with E-state index in [1.54, 1.807) is 6.92 Å². The Kier molecular flexibility index (Phi) is 6.38. The van der Waals surface area contributed by atoms with Crippen LogP contribution in [0.3, 0.4) is 0 Å². The predicted molar refractivity (Wildman–Crippen MR) is 84.7 cm³/mol. The molecule has 1 aromatic rings. The van der Waals surface area contributed by atoms with Crippen LogP contribution in [0.1, 0.15) is 36.9 Å². The molecule has 120 valence electrons. The summed E-state index contributed by atoms with van der Waals surface area (Å²) in [7, 11) is 0. The fourth-order valence-corrected chi connectivity index (χ4v) is 2.86. The summed E-state index contributed by atoms with van der Waals surface area (Å²) in [4.78, 5) is 18.8. The van der Waals surface area contributed by atoms with Crippen LogP contribution in [0.25, 0.3) is 0 Å². The number of aromatic nitrogens is 1. The molecule has 0 radical (unpaired) electrons. The third kappa shape index (κ3) is 3.84. The summed E-state index contributed by atoms with van der Waals surface area (Å²) < 4.78 is 0. The van der Waals surface area contributed by atoms with Gasteiger partial charge in [-0.2, -0.15) is 0 Å². The van der Waals surface area contributed by atoms with Gasteiger partial charge in [-0.1, -0.05) is 18.3 Å². The summed E-state index contributed by atoms with van der Waals surface area (Å²) in [6.45, 7) is 6.65. The van der Waals surface area contributed by atoms with Crippen LogP contribution in [-0.4, -0.2) is 52.9 Å². The molecule has 0 spiro atoms. The van der Waals surface area contributed by atoms with Gasteiger partial charge in [0.25, 0.3) is 5.91 Å². The van der Waals surface area contributed by atoms with Crippen molar-refractivity contribution in [3.05, 3.63) is 4.88 Å². The summed E-state index contributed by atoms with van der Waals surface area (Å²) in [6, 6.07) is 0. The fourth-order valence-electron chi connectivity index (χ4n) is 1.85. The molecule has 0 saturated carbocycles. The van der Waals surface area contributed by atoms with Gasteiger partial charge in [0, 0.05) is 13.1 Å². The van der Waals surface area contributed by atoms with Gasteiger partial charge in [0.2, 0.25) is 0 Å². The number of hydrogen-bond acceptors (Lipinski definition) is 7. The first-order valence-electron chi connectivity index (χ1n) is 7.02.